The predicted octanol–water partition coefficient (Wildman–Crippen LogP) is 2.24. The minimum atomic E-state index is -0.189. The molecule has 1 fully saturated rings. The number of thioether (sulfide) groups is 1. The second-order valence-electron chi connectivity index (χ2n) is 5.38. The van der Waals surface area contributed by atoms with Crippen molar-refractivity contribution < 1.29 is 9.59 Å². The zero-order chi connectivity index (χ0) is 15.4. The molecule has 0 N–H and O–H groups in total. The van der Waals surface area contributed by atoms with Crippen LogP contribution in [-0.4, -0.2) is 48.0 Å². The summed E-state index contributed by atoms with van der Waals surface area (Å²) in [6.45, 7) is 3.78. The van der Waals surface area contributed by atoms with Crippen LogP contribution in [0.5, 0.6) is 0 Å². The molecule has 0 bridgehead atoms. The largest absolute Gasteiger partial charge is 0.342 e. The predicted molar refractivity (Wildman–Crippen MR) is 85.1 cm³/mol. The van der Waals surface area contributed by atoms with E-state index >= 15 is 0 Å². The lowest BCUT2D eigenvalue weighted by Gasteiger charge is -2.21. The molecule has 1 aromatic carbocycles. The molecule has 1 aromatic rings. The molecule has 2 rings (SSSR count). The Labute approximate surface area is 130 Å². The third kappa shape index (κ3) is 3.79. The van der Waals surface area contributed by atoms with Gasteiger partial charge in [0.15, 0.2) is 0 Å². The number of carbonyl (C=O) groups is 2. The van der Waals surface area contributed by atoms with Crippen molar-refractivity contribution in [2.45, 2.75) is 24.8 Å². The third-order valence-corrected chi connectivity index (χ3v) is 4.60. The van der Waals surface area contributed by atoms with Gasteiger partial charge in [-0.15, -0.1) is 11.8 Å². The number of amides is 2. The molecule has 21 heavy (non-hydrogen) atoms. The van der Waals surface area contributed by atoms with Gasteiger partial charge in [-0.25, -0.2) is 0 Å². The van der Waals surface area contributed by atoms with Gasteiger partial charge in [0.25, 0.3) is 0 Å². The first kappa shape index (κ1) is 15.9. The molecule has 0 radical (unpaired) electrons. The molecule has 1 atom stereocenters. The fourth-order valence-electron chi connectivity index (χ4n) is 2.68. The minimum Gasteiger partial charge on any atom is -0.342 e. The van der Waals surface area contributed by atoms with Crippen molar-refractivity contribution in [3.63, 3.8) is 0 Å². The minimum absolute atomic E-state index is 0.0638. The van der Waals surface area contributed by atoms with Gasteiger partial charge in [0.05, 0.1) is 5.92 Å². The highest BCUT2D eigenvalue weighted by atomic mass is 32.2. The zero-order valence-corrected chi connectivity index (χ0v) is 13.7. The Bertz CT molecular complexity index is 533. The van der Waals surface area contributed by atoms with E-state index in [2.05, 4.69) is 12.1 Å². The average molecular weight is 306 g/mol. The number of rotatable bonds is 5. The van der Waals surface area contributed by atoms with Crippen LogP contribution < -0.4 is 0 Å². The summed E-state index contributed by atoms with van der Waals surface area (Å²) in [5.41, 5.74) is 1.12. The monoisotopic (exact) mass is 306 g/mol. The molecule has 5 heteroatoms. The maximum absolute atomic E-state index is 12.5. The summed E-state index contributed by atoms with van der Waals surface area (Å²) in [5, 5.41) is 0. The van der Waals surface area contributed by atoms with Crippen LogP contribution in [0.1, 0.15) is 18.9 Å². The summed E-state index contributed by atoms with van der Waals surface area (Å²) in [6.07, 6.45) is 2.39. The number of hydrogen-bond donors (Lipinski definition) is 0. The highest BCUT2D eigenvalue weighted by Gasteiger charge is 2.34. The Morgan fingerprint density at radius 2 is 2.24 bits per heavy atom. The number of carbonyl (C=O) groups excluding carboxylic acids is 2. The van der Waals surface area contributed by atoms with Crippen LogP contribution in [0.4, 0.5) is 0 Å². The molecule has 114 valence electrons. The molecule has 0 aromatic heterocycles. The molecule has 2 amide bonds. The van der Waals surface area contributed by atoms with Gasteiger partial charge in [0, 0.05) is 38.0 Å². The molecule has 0 spiro atoms. The smallest absolute Gasteiger partial charge is 0.228 e. The van der Waals surface area contributed by atoms with E-state index in [1.54, 1.807) is 21.6 Å². The van der Waals surface area contributed by atoms with Gasteiger partial charge in [-0.1, -0.05) is 12.1 Å². The number of hydrogen-bond acceptors (Lipinski definition) is 3. The number of nitrogens with zero attached hydrogens (tertiary/aromatic N) is 2. The van der Waals surface area contributed by atoms with E-state index in [-0.39, 0.29) is 17.7 Å². The molecular weight excluding hydrogens is 284 g/mol. The van der Waals surface area contributed by atoms with Crippen molar-refractivity contribution in [1.82, 2.24) is 9.80 Å². The normalized spacial score (nSPS) is 18.1. The van der Waals surface area contributed by atoms with Gasteiger partial charge in [0.2, 0.25) is 11.8 Å². The van der Waals surface area contributed by atoms with Gasteiger partial charge in [0.1, 0.15) is 0 Å². The third-order valence-electron chi connectivity index (χ3n) is 3.88. The molecule has 4 nitrogen and oxygen atoms in total. The molecule has 1 aliphatic rings. The molecule has 0 unspecified atom stereocenters. The topological polar surface area (TPSA) is 40.6 Å². The van der Waals surface area contributed by atoms with Crippen molar-refractivity contribution in [3.8, 4) is 0 Å². The fourth-order valence-corrected chi connectivity index (χ4v) is 3.16. The number of benzene rings is 1. The van der Waals surface area contributed by atoms with E-state index in [4.69, 9.17) is 0 Å². The highest BCUT2D eigenvalue weighted by Crippen LogP contribution is 2.21. The zero-order valence-electron chi connectivity index (χ0n) is 12.8. The lowest BCUT2D eigenvalue weighted by molar-refractivity contribution is -0.135. The van der Waals surface area contributed by atoms with Crippen LogP contribution in [0.15, 0.2) is 29.2 Å². The van der Waals surface area contributed by atoms with Crippen molar-refractivity contribution in [3.05, 3.63) is 29.8 Å². The maximum atomic E-state index is 12.5. The lowest BCUT2D eigenvalue weighted by Crippen LogP contribution is -2.34. The van der Waals surface area contributed by atoms with Crippen molar-refractivity contribution in [2.24, 2.45) is 5.92 Å². The fraction of sp³-hybridized carbons (Fsp3) is 0.500. The van der Waals surface area contributed by atoms with E-state index in [1.165, 1.54) is 4.90 Å². The Kier molecular flexibility index (Phi) is 5.28. The van der Waals surface area contributed by atoms with Crippen molar-refractivity contribution in [2.75, 3.05) is 26.4 Å². The van der Waals surface area contributed by atoms with Crippen LogP contribution in [0.3, 0.4) is 0 Å². The van der Waals surface area contributed by atoms with Crippen LogP contribution in [0.25, 0.3) is 0 Å². The lowest BCUT2D eigenvalue weighted by atomic mass is 10.1. The van der Waals surface area contributed by atoms with E-state index in [9.17, 15) is 9.59 Å². The Morgan fingerprint density at radius 3 is 2.86 bits per heavy atom. The van der Waals surface area contributed by atoms with Crippen LogP contribution >= 0.6 is 11.8 Å². The van der Waals surface area contributed by atoms with Crippen LogP contribution in [-0.2, 0) is 16.1 Å². The maximum Gasteiger partial charge on any atom is 0.228 e. The molecule has 1 heterocycles. The quantitative estimate of drug-likeness (QED) is 0.783. The summed E-state index contributed by atoms with van der Waals surface area (Å²) in [6, 6.07) is 8.20. The van der Waals surface area contributed by atoms with Crippen LogP contribution in [0, 0.1) is 5.92 Å². The number of likely N-dealkylation sites (tertiary alicyclic amines) is 1. The standard InChI is InChI=1S/C16H22N2O2S/c1-4-18-11-13(9-15(18)19)16(20)17(2)10-12-6-5-7-14(8-12)21-3/h5-8,13H,4,9-11H2,1-3H3/t13-/m0/s1. The van der Waals surface area contributed by atoms with E-state index in [0.717, 1.165) is 5.56 Å². The second-order valence-corrected chi connectivity index (χ2v) is 6.26. The summed E-state index contributed by atoms with van der Waals surface area (Å²) in [4.78, 5) is 28.9. The molecule has 0 aliphatic carbocycles. The van der Waals surface area contributed by atoms with Gasteiger partial charge in [-0.2, -0.15) is 0 Å². The molecule has 1 aliphatic heterocycles. The second kappa shape index (κ2) is 6.98. The van der Waals surface area contributed by atoms with E-state index in [0.29, 0.717) is 26.1 Å². The first-order valence-electron chi connectivity index (χ1n) is 7.20. The molecular formula is C16H22N2O2S. The van der Waals surface area contributed by atoms with Gasteiger partial charge < -0.3 is 9.80 Å². The Morgan fingerprint density at radius 1 is 1.48 bits per heavy atom. The van der Waals surface area contributed by atoms with Gasteiger partial charge >= 0.3 is 0 Å². The highest BCUT2D eigenvalue weighted by molar-refractivity contribution is 7.98. The van der Waals surface area contributed by atoms with Crippen molar-refractivity contribution in [1.29, 1.82) is 0 Å². The Hall–Kier alpha value is -1.49. The summed E-state index contributed by atoms with van der Waals surface area (Å²) < 4.78 is 0. The summed E-state index contributed by atoms with van der Waals surface area (Å²) >= 11 is 1.69. The molecule has 0 saturated carbocycles. The van der Waals surface area contributed by atoms with E-state index in [1.807, 2.05) is 32.4 Å². The summed E-state index contributed by atoms with van der Waals surface area (Å²) in [5.74, 6) is -0.0336. The SMILES string of the molecule is CCN1C[C@@H](C(=O)N(C)Cc2cccc(SC)c2)CC1=O. The van der Waals surface area contributed by atoms with Crippen LogP contribution in [0.2, 0.25) is 0 Å². The average Bonchev–Trinajstić information content (AvgIpc) is 2.87. The van der Waals surface area contributed by atoms with Gasteiger partial charge in [-0.05, 0) is 30.9 Å². The molecule has 1 saturated heterocycles. The Balaban J connectivity index is 1.98. The van der Waals surface area contributed by atoms with E-state index < -0.39 is 0 Å². The van der Waals surface area contributed by atoms with Crippen molar-refractivity contribution >= 4 is 23.6 Å². The summed E-state index contributed by atoms with van der Waals surface area (Å²) in [7, 11) is 1.81. The van der Waals surface area contributed by atoms with Gasteiger partial charge in [-0.3, -0.25) is 9.59 Å². The first-order valence-corrected chi connectivity index (χ1v) is 8.43. The first-order chi connectivity index (χ1) is 10.0.